The first-order chi connectivity index (χ1) is 10.5. The lowest BCUT2D eigenvalue weighted by Crippen LogP contribution is -2.45. The minimum Gasteiger partial charge on any atom is -0.489 e. The van der Waals surface area contributed by atoms with E-state index >= 15 is 0 Å². The number of fused-ring (bicyclic) bond motifs is 1. The Kier molecular flexibility index (Phi) is 3.66. The molecule has 0 N–H and O–H groups in total. The number of para-hydroxylation sites is 2. The fourth-order valence-corrected chi connectivity index (χ4v) is 4.10. The molecule has 0 unspecified atom stereocenters. The van der Waals surface area contributed by atoms with E-state index in [0.29, 0.717) is 11.4 Å². The van der Waals surface area contributed by atoms with Crippen LogP contribution in [-0.2, 0) is 10.0 Å². The molecule has 1 aliphatic heterocycles. The van der Waals surface area contributed by atoms with E-state index in [4.69, 9.17) is 4.74 Å². The van der Waals surface area contributed by atoms with Crippen molar-refractivity contribution in [3.63, 3.8) is 0 Å². The molecule has 0 aromatic heterocycles. The van der Waals surface area contributed by atoms with Gasteiger partial charge in [0.1, 0.15) is 12.4 Å². The van der Waals surface area contributed by atoms with Crippen LogP contribution in [0.15, 0.2) is 66.1 Å². The van der Waals surface area contributed by atoms with Crippen LogP contribution in [0.2, 0.25) is 0 Å². The quantitative estimate of drug-likeness (QED) is 0.818. The number of sulfonamides is 1. The van der Waals surface area contributed by atoms with Gasteiger partial charge in [-0.1, -0.05) is 35.9 Å². The molecular formula is C17H17NO3S. The van der Waals surface area contributed by atoms with Crippen LogP contribution in [0.3, 0.4) is 0 Å². The lowest BCUT2D eigenvalue weighted by molar-refractivity contribution is 0.292. The molecule has 3 rings (SSSR count). The van der Waals surface area contributed by atoms with Crippen LogP contribution >= 0.6 is 0 Å². The molecule has 0 amide bonds. The Labute approximate surface area is 130 Å². The molecule has 0 bridgehead atoms. The van der Waals surface area contributed by atoms with Crippen LogP contribution in [0, 0.1) is 6.92 Å². The second kappa shape index (κ2) is 5.50. The first-order valence-corrected chi connectivity index (χ1v) is 8.43. The van der Waals surface area contributed by atoms with Gasteiger partial charge in [-0.3, -0.25) is 4.31 Å². The smallest absolute Gasteiger partial charge is 0.265 e. The van der Waals surface area contributed by atoms with Crippen molar-refractivity contribution >= 4 is 15.7 Å². The zero-order valence-corrected chi connectivity index (χ0v) is 13.1. The monoisotopic (exact) mass is 315 g/mol. The van der Waals surface area contributed by atoms with Crippen molar-refractivity contribution in [2.45, 2.75) is 17.9 Å². The van der Waals surface area contributed by atoms with Gasteiger partial charge in [0, 0.05) is 0 Å². The van der Waals surface area contributed by atoms with Gasteiger partial charge in [0.2, 0.25) is 0 Å². The zero-order valence-electron chi connectivity index (χ0n) is 12.3. The number of anilines is 1. The van der Waals surface area contributed by atoms with Crippen LogP contribution in [0.5, 0.6) is 5.75 Å². The van der Waals surface area contributed by atoms with E-state index in [0.717, 1.165) is 5.56 Å². The van der Waals surface area contributed by atoms with Gasteiger partial charge in [-0.05, 0) is 31.2 Å². The molecule has 0 spiro atoms. The summed E-state index contributed by atoms with van der Waals surface area (Å²) in [7, 11) is -3.67. The van der Waals surface area contributed by atoms with Gasteiger partial charge < -0.3 is 4.74 Å². The van der Waals surface area contributed by atoms with Gasteiger partial charge in [0.25, 0.3) is 10.0 Å². The molecule has 0 aliphatic carbocycles. The summed E-state index contributed by atoms with van der Waals surface area (Å²) in [5.74, 6) is 0.566. The highest BCUT2D eigenvalue weighted by atomic mass is 32.2. The molecule has 0 saturated heterocycles. The zero-order chi connectivity index (χ0) is 15.7. The lowest BCUT2D eigenvalue weighted by atomic mass is 10.2. The fraction of sp³-hybridized carbons (Fsp3) is 0.176. The first kappa shape index (κ1) is 14.7. The predicted octanol–water partition coefficient (Wildman–Crippen LogP) is 3.14. The van der Waals surface area contributed by atoms with Crippen molar-refractivity contribution in [1.29, 1.82) is 0 Å². The Hall–Kier alpha value is -2.27. The Morgan fingerprint density at radius 3 is 2.55 bits per heavy atom. The number of aryl methyl sites for hydroxylation is 1. The molecule has 114 valence electrons. The van der Waals surface area contributed by atoms with Gasteiger partial charge in [-0.2, -0.15) is 0 Å². The van der Waals surface area contributed by atoms with Gasteiger partial charge in [-0.15, -0.1) is 6.58 Å². The minimum absolute atomic E-state index is 0.256. The van der Waals surface area contributed by atoms with E-state index in [1.807, 2.05) is 13.0 Å². The molecule has 0 fully saturated rings. The van der Waals surface area contributed by atoms with Crippen LogP contribution in [0.25, 0.3) is 0 Å². The van der Waals surface area contributed by atoms with Gasteiger partial charge in [0.05, 0.1) is 16.6 Å². The molecule has 1 heterocycles. The number of ether oxygens (including phenoxy) is 1. The summed E-state index contributed by atoms with van der Waals surface area (Å²) in [5, 5.41) is 0. The van der Waals surface area contributed by atoms with E-state index in [2.05, 4.69) is 6.58 Å². The van der Waals surface area contributed by atoms with Crippen LogP contribution in [0.1, 0.15) is 5.56 Å². The molecule has 0 saturated carbocycles. The summed E-state index contributed by atoms with van der Waals surface area (Å²) in [6, 6.07) is 13.6. The topological polar surface area (TPSA) is 46.6 Å². The van der Waals surface area contributed by atoms with E-state index in [1.165, 1.54) is 4.31 Å². The number of rotatable bonds is 3. The Morgan fingerprint density at radius 1 is 1.18 bits per heavy atom. The van der Waals surface area contributed by atoms with Crippen LogP contribution in [-0.4, -0.2) is 21.1 Å². The Balaban J connectivity index is 2.15. The molecule has 2 aromatic rings. The molecule has 1 aliphatic rings. The highest BCUT2D eigenvalue weighted by Gasteiger charge is 2.35. The van der Waals surface area contributed by atoms with Crippen molar-refractivity contribution in [3.05, 3.63) is 66.7 Å². The number of benzene rings is 2. The largest absolute Gasteiger partial charge is 0.489 e. The third-order valence-corrected chi connectivity index (χ3v) is 5.52. The van der Waals surface area contributed by atoms with E-state index in [-0.39, 0.29) is 11.5 Å². The average molecular weight is 315 g/mol. The molecular weight excluding hydrogens is 298 g/mol. The van der Waals surface area contributed by atoms with E-state index < -0.39 is 16.1 Å². The van der Waals surface area contributed by atoms with Crippen LogP contribution < -0.4 is 9.04 Å². The molecule has 5 heteroatoms. The van der Waals surface area contributed by atoms with E-state index in [1.54, 1.807) is 48.5 Å². The maximum absolute atomic E-state index is 13.1. The molecule has 2 aromatic carbocycles. The summed E-state index contributed by atoms with van der Waals surface area (Å²) >= 11 is 0. The van der Waals surface area contributed by atoms with E-state index in [9.17, 15) is 8.42 Å². The number of nitrogens with zero attached hydrogens (tertiary/aromatic N) is 1. The summed E-state index contributed by atoms with van der Waals surface area (Å²) in [5.41, 5.74) is 1.56. The van der Waals surface area contributed by atoms with Crippen LogP contribution in [0.4, 0.5) is 5.69 Å². The summed E-state index contributed by atoms with van der Waals surface area (Å²) in [6.07, 6.45) is 1.60. The second-order valence-electron chi connectivity index (χ2n) is 5.20. The minimum atomic E-state index is -3.67. The fourth-order valence-electron chi connectivity index (χ4n) is 2.48. The van der Waals surface area contributed by atoms with Crippen molar-refractivity contribution in [3.8, 4) is 5.75 Å². The number of hydrogen-bond donors (Lipinski definition) is 0. The SMILES string of the molecule is C=C[C@@H]1COc2ccccc2N1S(=O)(=O)c1ccc(C)cc1. The lowest BCUT2D eigenvalue weighted by Gasteiger charge is -2.36. The van der Waals surface area contributed by atoms with Crippen molar-refractivity contribution < 1.29 is 13.2 Å². The van der Waals surface area contributed by atoms with Crippen molar-refractivity contribution in [2.24, 2.45) is 0 Å². The molecule has 1 atom stereocenters. The van der Waals surface area contributed by atoms with Gasteiger partial charge in [0.15, 0.2) is 0 Å². The normalized spacial score (nSPS) is 17.5. The van der Waals surface area contributed by atoms with Gasteiger partial charge >= 0.3 is 0 Å². The highest BCUT2D eigenvalue weighted by molar-refractivity contribution is 7.92. The Morgan fingerprint density at radius 2 is 1.86 bits per heavy atom. The highest BCUT2D eigenvalue weighted by Crippen LogP contribution is 2.37. The molecule has 4 nitrogen and oxygen atoms in total. The second-order valence-corrected chi connectivity index (χ2v) is 7.01. The summed E-state index contributed by atoms with van der Waals surface area (Å²) in [4.78, 5) is 0.265. The third kappa shape index (κ3) is 2.37. The first-order valence-electron chi connectivity index (χ1n) is 6.99. The molecule has 0 radical (unpaired) electrons. The summed E-state index contributed by atoms with van der Waals surface area (Å²) < 4.78 is 33.1. The molecule has 22 heavy (non-hydrogen) atoms. The standard InChI is InChI=1S/C17H17NO3S/c1-3-14-12-21-17-7-5-4-6-16(17)18(14)22(19,20)15-10-8-13(2)9-11-15/h3-11,14H,1,12H2,2H3/t14-/m1/s1. The third-order valence-electron chi connectivity index (χ3n) is 3.66. The van der Waals surface area contributed by atoms with Crippen molar-refractivity contribution in [1.82, 2.24) is 0 Å². The summed E-state index contributed by atoms with van der Waals surface area (Å²) in [6.45, 7) is 5.92. The van der Waals surface area contributed by atoms with Gasteiger partial charge in [-0.25, -0.2) is 8.42 Å². The van der Waals surface area contributed by atoms with Crippen molar-refractivity contribution in [2.75, 3.05) is 10.9 Å². The Bertz CT molecular complexity index is 797. The number of hydrogen-bond acceptors (Lipinski definition) is 3. The average Bonchev–Trinajstić information content (AvgIpc) is 2.54. The predicted molar refractivity (Wildman–Crippen MR) is 86.8 cm³/mol. The maximum atomic E-state index is 13.1. The maximum Gasteiger partial charge on any atom is 0.265 e.